The minimum absolute atomic E-state index is 0.0533. The van der Waals surface area contributed by atoms with Gasteiger partial charge in [0.15, 0.2) is 0 Å². The largest absolute Gasteiger partial charge is 0.361 e. The molecule has 1 aromatic heterocycles. The summed E-state index contributed by atoms with van der Waals surface area (Å²) in [6, 6.07) is 14.0. The molecule has 3 aromatic rings. The Bertz CT molecular complexity index is 1110. The van der Waals surface area contributed by atoms with Gasteiger partial charge in [0.1, 0.15) is 5.57 Å². The number of aryl methyl sites for hydroxylation is 1. The molecule has 2 heterocycles. The standard InChI is InChI=1S/C21H17N3O3/c1-13-7-9-15(10-8-13)24-20(26)17(19(25)23(2)21(24)27)11-14-12-22-18-6-4-3-5-16(14)18/h3-12,22H,1-2H3/b17-11-. The highest BCUT2D eigenvalue weighted by molar-refractivity contribution is 6.39. The maximum Gasteiger partial charge on any atom is 0.338 e. The minimum Gasteiger partial charge on any atom is -0.361 e. The lowest BCUT2D eigenvalue weighted by Gasteiger charge is -2.31. The lowest BCUT2D eigenvalue weighted by atomic mass is 10.1. The number of nitrogens with zero attached hydrogens (tertiary/aromatic N) is 2. The molecule has 0 spiro atoms. The van der Waals surface area contributed by atoms with Crippen LogP contribution in [0.15, 0.2) is 60.3 Å². The number of hydrogen-bond donors (Lipinski definition) is 1. The second kappa shape index (κ2) is 6.25. The van der Waals surface area contributed by atoms with Gasteiger partial charge < -0.3 is 4.98 Å². The van der Waals surface area contributed by atoms with Crippen molar-refractivity contribution in [2.75, 3.05) is 11.9 Å². The number of imide groups is 2. The molecule has 6 heteroatoms. The maximum absolute atomic E-state index is 13.0. The summed E-state index contributed by atoms with van der Waals surface area (Å²) in [5.41, 5.74) is 3.01. The van der Waals surface area contributed by atoms with E-state index >= 15 is 0 Å². The van der Waals surface area contributed by atoms with Crippen LogP contribution >= 0.6 is 0 Å². The number of hydrogen-bond acceptors (Lipinski definition) is 3. The molecule has 0 unspecified atom stereocenters. The van der Waals surface area contributed by atoms with Crippen molar-refractivity contribution >= 4 is 40.5 Å². The summed E-state index contributed by atoms with van der Waals surface area (Å²) in [6.45, 7) is 1.92. The second-order valence-electron chi connectivity index (χ2n) is 6.47. The Morgan fingerprint density at radius 2 is 1.63 bits per heavy atom. The van der Waals surface area contributed by atoms with Gasteiger partial charge in [-0.05, 0) is 31.2 Å². The van der Waals surface area contributed by atoms with E-state index in [1.807, 2.05) is 43.3 Å². The predicted octanol–water partition coefficient (Wildman–Crippen LogP) is 3.48. The van der Waals surface area contributed by atoms with Crippen molar-refractivity contribution in [2.45, 2.75) is 6.92 Å². The second-order valence-corrected chi connectivity index (χ2v) is 6.47. The molecule has 1 fully saturated rings. The third-order valence-electron chi connectivity index (χ3n) is 4.66. The number of nitrogens with one attached hydrogen (secondary N) is 1. The quantitative estimate of drug-likeness (QED) is 0.562. The van der Waals surface area contributed by atoms with Gasteiger partial charge in [0.05, 0.1) is 5.69 Å². The third kappa shape index (κ3) is 2.71. The number of benzene rings is 2. The van der Waals surface area contributed by atoms with E-state index in [-0.39, 0.29) is 5.57 Å². The number of urea groups is 1. The average Bonchev–Trinajstić information content (AvgIpc) is 3.08. The van der Waals surface area contributed by atoms with Crippen molar-refractivity contribution in [1.82, 2.24) is 9.88 Å². The van der Waals surface area contributed by atoms with Gasteiger partial charge >= 0.3 is 6.03 Å². The Morgan fingerprint density at radius 3 is 2.37 bits per heavy atom. The first-order valence-corrected chi connectivity index (χ1v) is 8.48. The summed E-state index contributed by atoms with van der Waals surface area (Å²) >= 11 is 0. The summed E-state index contributed by atoms with van der Waals surface area (Å²) in [6.07, 6.45) is 3.28. The van der Waals surface area contributed by atoms with Gasteiger partial charge in [-0.3, -0.25) is 14.5 Å². The van der Waals surface area contributed by atoms with Crippen LogP contribution in [0.4, 0.5) is 10.5 Å². The van der Waals surface area contributed by atoms with Gasteiger partial charge in [0.25, 0.3) is 11.8 Å². The first kappa shape index (κ1) is 16.8. The van der Waals surface area contributed by atoms with E-state index in [0.717, 1.165) is 26.3 Å². The zero-order valence-electron chi connectivity index (χ0n) is 14.9. The molecule has 0 atom stereocenters. The number of para-hydroxylation sites is 1. The first-order valence-electron chi connectivity index (χ1n) is 8.48. The normalized spacial score (nSPS) is 16.7. The van der Waals surface area contributed by atoms with Crippen LogP contribution in [0.2, 0.25) is 0 Å². The topological polar surface area (TPSA) is 73.5 Å². The molecule has 0 aliphatic carbocycles. The van der Waals surface area contributed by atoms with Gasteiger partial charge in [-0.1, -0.05) is 35.9 Å². The molecule has 1 N–H and O–H groups in total. The summed E-state index contributed by atoms with van der Waals surface area (Å²) in [5, 5.41) is 0.895. The minimum atomic E-state index is -0.662. The van der Waals surface area contributed by atoms with Crippen molar-refractivity contribution in [3.8, 4) is 0 Å². The van der Waals surface area contributed by atoms with Gasteiger partial charge in [0.2, 0.25) is 0 Å². The predicted molar refractivity (Wildman–Crippen MR) is 103 cm³/mol. The number of carbonyl (C=O) groups is 3. The smallest absolute Gasteiger partial charge is 0.338 e. The highest BCUT2D eigenvalue weighted by atomic mass is 16.2. The molecule has 2 aromatic carbocycles. The van der Waals surface area contributed by atoms with Crippen molar-refractivity contribution in [3.05, 3.63) is 71.4 Å². The van der Waals surface area contributed by atoms with Crippen molar-refractivity contribution in [3.63, 3.8) is 0 Å². The third-order valence-corrected chi connectivity index (χ3v) is 4.66. The van der Waals surface area contributed by atoms with E-state index in [0.29, 0.717) is 11.3 Å². The lowest BCUT2D eigenvalue weighted by Crippen LogP contribution is -2.55. The maximum atomic E-state index is 13.0. The number of H-pyrrole nitrogens is 1. The number of rotatable bonds is 2. The molecule has 4 rings (SSSR count). The fourth-order valence-electron chi connectivity index (χ4n) is 3.13. The molecular formula is C21H17N3O3. The zero-order valence-corrected chi connectivity index (χ0v) is 14.9. The summed E-state index contributed by atoms with van der Waals surface area (Å²) in [5.74, 6) is -1.24. The zero-order chi connectivity index (χ0) is 19.1. The van der Waals surface area contributed by atoms with E-state index < -0.39 is 17.8 Å². The highest BCUT2D eigenvalue weighted by Crippen LogP contribution is 2.27. The number of anilines is 1. The van der Waals surface area contributed by atoms with Crippen LogP contribution in [0.3, 0.4) is 0 Å². The number of likely N-dealkylation sites (N-methyl/N-ethyl adjacent to an activating group) is 1. The number of aromatic amines is 1. The van der Waals surface area contributed by atoms with Crippen LogP contribution in [0, 0.1) is 6.92 Å². The first-order chi connectivity index (χ1) is 13.0. The van der Waals surface area contributed by atoms with Gasteiger partial charge in [0, 0.05) is 29.7 Å². The fraction of sp³-hybridized carbons (Fsp3) is 0.0952. The Hall–Kier alpha value is -3.67. The summed E-state index contributed by atoms with van der Waals surface area (Å²) < 4.78 is 0. The Labute approximate surface area is 155 Å². The molecule has 0 saturated carbocycles. The molecule has 1 aliphatic rings. The summed E-state index contributed by atoms with van der Waals surface area (Å²) in [4.78, 5) is 43.3. The Balaban J connectivity index is 1.82. The fourth-order valence-corrected chi connectivity index (χ4v) is 3.13. The van der Waals surface area contributed by atoms with Crippen LogP contribution < -0.4 is 4.90 Å². The number of barbiturate groups is 1. The Morgan fingerprint density at radius 1 is 0.926 bits per heavy atom. The van der Waals surface area contributed by atoms with Crippen LogP contribution in [-0.2, 0) is 9.59 Å². The molecule has 4 amide bonds. The van der Waals surface area contributed by atoms with Gasteiger partial charge in [-0.25, -0.2) is 9.69 Å². The van der Waals surface area contributed by atoms with E-state index in [1.165, 1.54) is 13.1 Å². The van der Waals surface area contributed by atoms with Crippen molar-refractivity contribution in [1.29, 1.82) is 0 Å². The molecule has 0 bridgehead atoms. The number of aromatic nitrogens is 1. The molecule has 134 valence electrons. The van der Waals surface area contributed by atoms with E-state index in [9.17, 15) is 14.4 Å². The van der Waals surface area contributed by atoms with Gasteiger partial charge in [-0.2, -0.15) is 0 Å². The van der Waals surface area contributed by atoms with Crippen molar-refractivity contribution in [2.24, 2.45) is 0 Å². The lowest BCUT2D eigenvalue weighted by molar-refractivity contribution is -0.128. The number of fused-ring (bicyclic) bond motifs is 1. The Kier molecular flexibility index (Phi) is 3.88. The van der Waals surface area contributed by atoms with Crippen molar-refractivity contribution < 1.29 is 14.4 Å². The molecule has 27 heavy (non-hydrogen) atoms. The number of amides is 4. The van der Waals surface area contributed by atoms with E-state index in [2.05, 4.69) is 4.98 Å². The molecule has 1 aliphatic heterocycles. The molecule has 1 saturated heterocycles. The average molecular weight is 359 g/mol. The van der Waals surface area contributed by atoms with Crippen LogP contribution in [0.5, 0.6) is 0 Å². The molecular weight excluding hydrogens is 342 g/mol. The van der Waals surface area contributed by atoms with Crippen LogP contribution in [-0.4, -0.2) is 34.8 Å². The summed E-state index contributed by atoms with van der Waals surface area (Å²) in [7, 11) is 1.38. The monoisotopic (exact) mass is 359 g/mol. The molecule has 6 nitrogen and oxygen atoms in total. The van der Waals surface area contributed by atoms with Gasteiger partial charge in [-0.15, -0.1) is 0 Å². The van der Waals surface area contributed by atoms with Crippen LogP contribution in [0.25, 0.3) is 17.0 Å². The van der Waals surface area contributed by atoms with E-state index in [4.69, 9.17) is 0 Å². The SMILES string of the molecule is Cc1ccc(N2C(=O)/C(=C\c3c[nH]c4ccccc34)C(=O)N(C)C2=O)cc1. The van der Waals surface area contributed by atoms with E-state index in [1.54, 1.807) is 18.3 Å². The number of carbonyl (C=O) groups excluding carboxylic acids is 3. The highest BCUT2D eigenvalue weighted by Gasteiger charge is 2.41. The van der Waals surface area contributed by atoms with Crippen LogP contribution in [0.1, 0.15) is 11.1 Å². The molecule has 0 radical (unpaired) electrons.